The topological polar surface area (TPSA) is 53.4 Å². The van der Waals surface area contributed by atoms with E-state index in [1.54, 1.807) is 0 Å². The fourth-order valence-corrected chi connectivity index (χ4v) is 2.25. The molecule has 70 valence electrons. The van der Waals surface area contributed by atoms with Crippen LogP contribution in [0.15, 0.2) is 5.38 Å². The minimum absolute atomic E-state index is 0.201. The van der Waals surface area contributed by atoms with Gasteiger partial charge in [-0.05, 0) is 24.4 Å². The fourth-order valence-electron chi connectivity index (χ4n) is 1.56. The van der Waals surface area contributed by atoms with Gasteiger partial charge >= 0.3 is 5.97 Å². The van der Waals surface area contributed by atoms with E-state index in [0.717, 1.165) is 31.6 Å². The number of rotatable bonds is 2. The second-order valence-corrected chi connectivity index (χ2v) is 3.68. The Balaban J connectivity index is 2.28. The Labute approximate surface area is 80.0 Å². The van der Waals surface area contributed by atoms with Gasteiger partial charge in [-0.1, -0.05) is 0 Å². The molecule has 0 unspecified atom stereocenters. The highest BCUT2D eigenvalue weighted by Gasteiger charge is 2.21. The highest BCUT2D eigenvalue weighted by molar-refractivity contribution is 7.04. The minimum Gasteiger partial charge on any atom is -0.476 e. The molecule has 0 radical (unpaired) electrons. The number of carboxylic acid groups (broad SMARTS) is 1. The molecule has 1 aliphatic rings. The Morgan fingerprint density at radius 2 is 2.23 bits per heavy atom. The number of anilines is 1. The van der Waals surface area contributed by atoms with Gasteiger partial charge in [0.05, 0.1) is 5.69 Å². The van der Waals surface area contributed by atoms with Crippen molar-refractivity contribution < 1.29 is 9.90 Å². The number of carboxylic acids is 1. The summed E-state index contributed by atoms with van der Waals surface area (Å²) in [7, 11) is 0. The molecular weight excluding hydrogens is 188 g/mol. The van der Waals surface area contributed by atoms with Gasteiger partial charge < -0.3 is 10.0 Å². The Hall–Kier alpha value is -1.10. The van der Waals surface area contributed by atoms with Gasteiger partial charge in [0.2, 0.25) is 0 Å². The predicted octanol–water partition coefficient (Wildman–Crippen LogP) is 1.44. The maximum Gasteiger partial charge on any atom is 0.357 e. The predicted molar refractivity (Wildman–Crippen MR) is 50.5 cm³/mol. The number of hydrogen-bond acceptors (Lipinski definition) is 4. The molecule has 1 aromatic heterocycles. The van der Waals surface area contributed by atoms with Crippen LogP contribution in [-0.4, -0.2) is 28.5 Å². The van der Waals surface area contributed by atoms with Gasteiger partial charge in [-0.3, -0.25) is 0 Å². The van der Waals surface area contributed by atoms with Gasteiger partial charge in [-0.25, -0.2) is 4.79 Å². The van der Waals surface area contributed by atoms with Gasteiger partial charge in [-0.2, -0.15) is 4.37 Å². The molecule has 5 heteroatoms. The van der Waals surface area contributed by atoms with E-state index in [9.17, 15) is 4.79 Å². The summed E-state index contributed by atoms with van der Waals surface area (Å²) in [4.78, 5) is 12.8. The Morgan fingerprint density at radius 1 is 1.54 bits per heavy atom. The summed E-state index contributed by atoms with van der Waals surface area (Å²) in [6.45, 7) is 1.91. The van der Waals surface area contributed by atoms with E-state index in [0.29, 0.717) is 0 Å². The normalized spacial score (nSPS) is 16.5. The molecule has 2 rings (SSSR count). The molecule has 4 nitrogen and oxygen atoms in total. The smallest absolute Gasteiger partial charge is 0.357 e. The third kappa shape index (κ3) is 1.51. The average molecular weight is 198 g/mol. The van der Waals surface area contributed by atoms with E-state index in [-0.39, 0.29) is 5.69 Å². The van der Waals surface area contributed by atoms with Crippen LogP contribution < -0.4 is 4.90 Å². The number of aromatic carboxylic acids is 1. The molecule has 13 heavy (non-hydrogen) atoms. The first-order valence-corrected chi connectivity index (χ1v) is 5.05. The number of hydrogen-bond donors (Lipinski definition) is 1. The molecule has 0 aromatic carbocycles. The van der Waals surface area contributed by atoms with E-state index in [4.69, 9.17) is 5.11 Å². The monoisotopic (exact) mass is 198 g/mol. The Morgan fingerprint density at radius 3 is 2.85 bits per heavy atom. The van der Waals surface area contributed by atoms with Crippen LogP contribution in [0.5, 0.6) is 0 Å². The van der Waals surface area contributed by atoms with E-state index in [1.807, 2.05) is 5.38 Å². The zero-order valence-corrected chi connectivity index (χ0v) is 7.88. The summed E-state index contributed by atoms with van der Waals surface area (Å²) in [5.74, 6) is -0.928. The molecule has 2 heterocycles. The van der Waals surface area contributed by atoms with Gasteiger partial charge in [-0.15, -0.1) is 0 Å². The molecule has 1 aliphatic heterocycles. The first-order chi connectivity index (χ1) is 6.29. The summed E-state index contributed by atoms with van der Waals surface area (Å²) >= 11 is 1.21. The lowest BCUT2D eigenvalue weighted by atomic mass is 10.3. The van der Waals surface area contributed by atoms with Crippen molar-refractivity contribution in [3.05, 3.63) is 11.1 Å². The molecule has 0 aliphatic carbocycles. The van der Waals surface area contributed by atoms with Crippen molar-refractivity contribution in [2.24, 2.45) is 0 Å². The van der Waals surface area contributed by atoms with Crippen molar-refractivity contribution in [1.82, 2.24) is 4.37 Å². The molecule has 1 aromatic rings. The summed E-state index contributed by atoms with van der Waals surface area (Å²) in [5, 5.41) is 10.6. The van der Waals surface area contributed by atoms with Crippen LogP contribution in [-0.2, 0) is 0 Å². The van der Waals surface area contributed by atoms with Crippen molar-refractivity contribution in [3.8, 4) is 0 Å². The van der Waals surface area contributed by atoms with Crippen molar-refractivity contribution in [1.29, 1.82) is 0 Å². The van der Waals surface area contributed by atoms with Crippen LogP contribution in [0.2, 0.25) is 0 Å². The largest absolute Gasteiger partial charge is 0.476 e. The molecule has 1 saturated heterocycles. The second-order valence-electron chi connectivity index (χ2n) is 3.05. The molecule has 1 fully saturated rings. The Bertz CT molecular complexity index is 318. The summed E-state index contributed by atoms with van der Waals surface area (Å²) in [6, 6.07) is 0. The molecule has 0 bridgehead atoms. The van der Waals surface area contributed by atoms with Gasteiger partial charge in [0.1, 0.15) is 0 Å². The molecule has 0 spiro atoms. The summed E-state index contributed by atoms with van der Waals surface area (Å²) in [5.41, 5.74) is 0.988. The molecule has 0 amide bonds. The molecule has 1 N–H and O–H groups in total. The van der Waals surface area contributed by atoms with Gasteiger partial charge in [0, 0.05) is 18.5 Å². The first kappa shape index (κ1) is 8.50. The highest BCUT2D eigenvalue weighted by Crippen LogP contribution is 2.25. The van der Waals surface area contributed by atoms with Crippen LogP contribution in [0.1, 0.15) is 23.3 Å². The van der Waals surface area contributed by atoms with Crippen molar-refractivity contribution in [2.45, 2.75) is 12.8 Å². The lowest BCUT2D eigenvalue weighted by Gasteiger charge is -2.15. The zero-order valence-electron chi connectivity index (χ0n) is 7.06. The van der Waals surface area contributed by atoms with Crippen LogP contribution in [0, 0.1) is 0 Å². The van der Waals surface area contributed by atoms with Crippen LogP contribution in [0.4, 0.5) is 5.69 Å². The van der Waals surface area contributed by atoms with E-state index < -0.39 is 5.97 Å². The number of aromatic nitrogens is 1. The number of nitrogens with zero attached hydrogens (tertiary/aromatic N) is 2. The second kappa shape index (κ2) is 3.33. The Kier molecular flexibility index (Phi) is 2.18. The lowest BCUT2D eigenvalue weighted by Crippen LogP contribution is -2.19. The molecular formula is C8H10N2O2S. The molecule has 0 atom stereocenters. The average Bonchev–Trinajstić information content (AvgIpc) is 2.74. The van der Waals surface area contributed by atoms with E-state index >= 15 is 0 Å². The van der Waals surface area contributed by atoms with E-state index in [2.05, 4.69) is 9.27 Å². The van der Waals surface area contributed by atoms with Crippen molar-refractivity contribution in [3.63, 3.8) is 0 Å². The third-order valence-corrected chi connectivity index (χ3v) is 2.82. The quantitative estimate of drug-likeness (QED) is 0.781. The van der Waals surface area contributed by atoms with Crippen LogP contribution in [0.3, 0.4) is 0 Å². The van der Waals surface area contributed by atoms with Gasteiger partial charge in [0.25, 0.3) is 0 Å². The summed E-state index contributed by atoms with van der Waals surface area (Å²) < 4.78 is 3.86. The summed E-state index contributed by atoms with van der Waals surface area (Å²) in [6.07, 6.45) is 2.30. The fraction of sp³-hybridized carbons (Fsp3) is 0.500. The maximum atomic E-state index is 10.8. The van der Waals surface area contributed by atoms with Crippen LogP contribution in [0.25, 0.3) is 0 Å². The third-order valence-electron chi connectivity index (χ3n) is 2.20. The van der Waals surface area contributed by atoms with Crippen molar-refractivity contribution >= 4 is 23.2 Å². The maximum absolute atomic E-state index is 10.8. The highest BCUT2D eigenvalue weighted by atomic mass is 32.1. The molecule has 0 saturated carbocycles. The van der Waals surface area contributed by atoms with Crippen molar-refractivity contribution in [2.75, 3.05) is 18.0 Å². The SMILES string of the molecule is O=C(O)c1nscc1N1CCCC1. The van der Waals surface area contributed by atoms with E-state index in [1.165, 1.54) is 11.5 Å². The lowest BCUT2D eigenvalue weighted by molar-refractivity contribution is 0.0692. The van der Waals surface area contributed by atoms with Crippen LogP contribution >= 0.6 is 11.5 Å². The number of carbonyl (C=O) groups is 1. The minimum atomic E-state index is -0.928. The zero-order chi connectivity index (χ0) is 9.26. The van der Waals surface area contributed by atoms with Gasteiger partial charge in [0.15, 0.2) is 5.69 Å². The first-order valence-electron chi connectivity index (χ1n) is 4.21. The standard InChI is InChI=1S/C8H10N2O2S/c11-8(12)7-6(5-13-9-7)10-3-1-2-4-10/h5H,1-4H2,(H,11,12).